The Morgan fingerprint density at radius 1 is 1.26 bits per heavy atom. The maximum absolute atomic E-state index is 12.4. The van der Waals surface area contributed by atoms with E-state index in [2.05, 4.69) is 25.7 Å². The molecular weight excluding hydrogens is 456 g/mol. The van der Waals surface area contributed by atoms with Crippen molar-refractivity contribution in [3.8, 4) is 17.1 Å². The molecule has 2 heterocycles. The standard InChI is InChI=1S/C20H23ClN6O2S2/c1-27-17(14-10-13(21)8-9-15(14)29-2)23-26-20(27)30-11-16(28)22-19-25-24-18(31-19)12-6-4-3-5-7-12/h8-10,12H,3-7,11H2,1-2H3,(H,22,25,28). The second-order valence-corrected chi connectivity index (χ2v) is 9.72. The zero-order chi connectivity index (χ0) is 21.8. The lowest BCUT2D eigenvalue weighted by Crippen LogP contribution is -2.14. The molecule has 0 saturated heterocycles. The summed E-state index contributed by atoms with van der Waals surface area (Å²) in [5.74, 6) is 1.78. The highest BCUT2D eigenvalue weighted by Crippen LogP contribution is 2.35. The van der Waals surface area contributed by atoms with Crippen molar-refractivity contribution >= 4 is 45.7 Å². The number of ether oxygens (including phenoxy) is 1. The van der Waals surface area contributed by atoms with Gasteiger partial charge in [0.1, 0.15) is 10.8 Å². The van der Waals surface area contributed by atoms with Crippen LogP contribution in [-0.2, 0) is 11.8 Å². The van der Waals surface area contributed by atoms with Crippen LogP contribution in [0.4, 0.5) is 5.13 Å². The van der Waals surface area contributed by atoms with E-state index in [0.29, 0.717) is 32.8 Å². The highest BCUT2D eigenvalue weighted by atomic mass is 35.5. The fourth-order valence-corrected chi connectivity index (χ4v) is 5.43. The van der Waals surface area contributed by atoms with Crippen molar-refractivity contribution in [3.05, 3.63) is 28.2 Å². The Hall–Kier alpha value is -2.17. The number of carbonyl (C=O) groups excluding carboxylic acids is 1. The van der Waals surface area contributed by atoms with Crippen LogP contribution in [0.2, 0.25) is 5.02 Å². The van der Waals surface area contributed by atoms with E-state index in [0.717, 1.165) is 23.4 Å². The van der Waals surface area contributed by atoms with Crippen molar-refractivity contribution in [2.45, 2.75) is 43.2 Å². The zero-order valence-corrected chi connectivity index (χ0v) is 19.7. The predicted molar refractivity (Wildman–Crippen MR) is 123 cm³/mol. The van der Waals surface area contributed by atoms with Crippen molar-refractivity contribution in [1.82, 2.24) is 25.0 Å². The lowest BCUT2D eigenvalue weighted by Gasteiger charge is -2.18. The molecule has 4 rings (SSSR count). The number of thioether (sulfide) groups is 1. The van der Waals surface area contributed by atoms with Crippen LogP contribution >= 0.6 is 34.7 Å². The second kappa shape index (κ2) is 9.97. The Labute approximate surface area is 193 Å². The monoisotopic (exact) mass is 478 g/mol. The van der Waals surface area contributed by atoms with E-state index < -0.39 is 0 Å². The van der Waals surface area contributed by atoms with Gasteiger partial charge in [0, 0.05) is 18.0 Å². The van der Waals surface area contributed by atoms with Gasteiger partial charge in [0.25, 0.3) is 0 Å². The Morgan fingerprint density at radius 3 is 2.84 bits per heavy atom. The third-order valence-corrected chi connectivity index (χ3v) is 7.47. The van der Waals surface area contributed by atoms with Gasteiger partial charge in [-0.3, -0.25) is 10.1 Å². The molecule has 1 aromatic carbocycles. The summed E-state index contributed by atoms with van der Waals surface area (Å²) in [7, 11) is 3.44. The van der Waals surface area contributed by atoms with Gasteiger partial charge in [-0.05, 0) is 31.0 Å². The lowest BCUT2D eigenvalue weighted by molar-refractivity contribution is -0.113. The van der Waals surface area contributed by atoms with E-state index in [1.165, 1.54) is 42.4 Å². The number of nitrogens with one attached hydrogen (secondary N) is 1. The van der Waals surface area contributed by atoms with E-state index in [4.69, 9.17) is 16.3 Å². The molecule has 0 aliphatic heterocycles. The first-order chi connectivity index (χ1) is 15.0. The number of anilines is 1. The maximum Gasteiger partial charge on any atom is 0.236 e. The molecule has 1 aliphatic rings. The molecule has 1 fully saturated rings. The second-order valence-electron chi connectivity index (χ2n) is 7.33. The molecule has 1 saturated carbocycles. The fraction of sp³-hybridized carbons (Fsp3) is 0.450. The molecule has 11 heteroatoms. The number of amides is 1. The first kappa shape index (κ1) is 22.0. The van der Waals surface area contributed by atoms with Crippen LogP contribution in [0, 0.1) is 0 Å². The minimum atomic E-state index is -0.152. The van der Waals surface area contributed by atoms with Crippen LogP contribution in [0.5, 0.6) is 5.75 Å². The van der Waals surface area contributed by atoms with E-state index in [-0.39, 0.29) is 11.7 Å². The number of hydrogen-bond acceptors (Lipinski definition) is 8. The lowest BCUT2D eigenvalue weighted by atomic mass is 9.90. The van der Waals surface area contributed by atoms with Crippen molar-refractivity contribution in [3.63, 3.8) is 0 Å². The molecular formula is C20H23ClN6O2S2. The van der Waals surface area contributed by atoms with Crippen molar-refractivity contribution in [2.24, 2.45) is 7.05 Å². The summed E-state index contributed by atoms with van der Waals surface area (Å²) in [4.78, 5) is 12.4. The summed E-state index contributed by atoms with van der Waals surface area (Å²) >= 11 is 8.91. The predicted octanol–water partition coefficient (Wildman–Crippen LogP) is 4.77. The zero-order valence-electron chi connectivity index (χ0n) is 17.3. The largest absolute Gasteiger partial charge is 0.496 e. The number of rotatable bonds is 7. The van der Waals surface area contributed by atoms with Gasteiger partial charge in [-0.15, -0.1) is 20.4 Å². The van der Waals surface area contributed by atoms with Gasteiger partial charge in [0.2, 0.25) is 11.0 Å². The van der Waals surface area contributed by atoms with E-state index in [1.807, 2.05) is 11.6 Å². The number of halogens is 1. The van der Waals surface area contributed by atoms with Gasteiger partial charge >= 0.3 is 0 Å². The summed E-state index contributed by atoms with van der Waals surface area (Å²) in [6.45, 7) is 0. The SMILES string of the molecule is COc1ccc(Cl)cc1-c1nnc(SCC(=O)Nc2nnc(C3CCCCC3)s2)n1C. The van der Waals surface area contributed by atoms with Gasteiger partial charge in [0.15, 0.2) is 11.0 Å². The highest BCUT2D eigenvalue weighted by molar-refractivity contribution is 7.99. The molecule has 31 heavy (non-hydrogen) atoms. The van der Waals surface area contributed by atoms with Crippen LogP contribution in [0.3, 0.4) is 0 Å². The Morgan fingerprint density at radius 2 is 2.06 bits per heavy atom. The van der Waals surface area contributed by atoms with Gasteiger partial charge in [0.05, 0.1) is 18.4 Å². The fourth-order valence-electron chi connectivity index (χ4n) is 3.62. The average molecular weight is 479 g/mol. The highest BCUT2D eigenvalue weighted by Gasteiger charge is 2.21. The summed E-state index contributed by atoms with van der Waals surface area (Å²) < 4.78 is 7.22. The van der Waals surface area contributed by atoms with E-state index in [1.54, 1.807) is 25.3 Å². The molecule has 0 unspecified atom stereocenters. The topological polar surface area (TPSA) is 94.8 Å². The molecule has 8 nitrogen and oxygen atoms in total. The molecule has 1 amide bonds. The molecule has 0 bridgehead atoms. The molecule has 0 spiro atoms. The summed E-state index contributed by atoms with van der Waals surface area (Å²) in [6, 6.07) is 5.33. The van der Waals surface area contributed by atoms with Crippen LogP contribution in [-0.4, -0.2) is 43.7 Å². The molecule has 1 aliphatic carbocycles. The van der Waals surface area contributed by atoms with Crippen LogP contribution in [0.25, 0.3) is 11.4 Å². The Bertz CT molecular complexity index is 1060. The Balaban J connectivity index is 1.37. The first-order valence-electron chi connectivity index (χ1n) is 10.0. The summed E-state index contributed by atoms with van der Waals surface area (Å²) in [5.41, 5.74) is 0.741. The smallest absolute Gasteiger partial charge is 0.236 e. The van der Waals surface area contributed by atoms with Gasteiger partial charge < -0.3 is 9.30 Å². The molecule has 0 atom stereocenters. The van der Waals surface area contributed by atoms with Crippen LogP contribution < -0.4 is 10.1 Å². The number of hydrogen-bond donors (Lipinski definition) is 1. The number of carbonyl (C=O) groups is 1. The van der Waals surface area contributed by atoms with Crippen molar-refractivity contribution < 1.29 is 9.53 Å². The molecule has 3 aromatic rings. The maximum atomic E-state index is 12.4. The van der Waals surface area contributed by atoms with Crippen molar-refractivity contribution in [2.75, 3.05) is 18.2 Å². The van der Waals surface area contributed by atoms with Gasteiger partial charge in [-0.1, -0.05) is 54.0 Å². The number of nitrogens with zero attached hydrogens (tertiary/aromatic N) is 5. The third-order valence-electron chi connectivity index (χ3n) is 5.21. The van der Waals surface area contributed by atoms with E-state index >= 15 is 0 Å². The minimum absolute atomic E-state index is 0.152. The summed E-state index contributed by atoms with van der Waals surface area (Å²) in [6.07, 6.45) is 6.09. The normalized spacial score (nSPS) is 14.5. The third kappa shape index (κ3) is 5.19. The molecule has 164 valence electrons. The number of aromatic nitrogens is 5. The number of benzene rings is 1. The van der Waals surface area contributed by atoms with Gasteiger partial charge in [-0.2, -0.15) is 0 Å². The van der Waals surface area contributed by atoms with Crippen LogP contribution in [0.15, 0.2) is 23.4 Å². The molecule has 2 aromatic heterocycles. The minimum Gasteiger partial charge on any atom is -0.496 e. The average Bonchev–Trinajstić information content (AvgIpc) is 3.39. The van der Waals surface area contributed by atoms with E-state index in [9.17, 15) is 4.79 Å². The Kier molecular flexibility index (Phi) is 7.09. The van der Waals surface area contributed by atoms with Crippen molar-refractivity contribution in [1.29, 1.82) is 0 Å². The van der Waals surface area contributed by atoms with Crippen LogP contribution in [0.1, 0.15) is 43.0 Å². The van der Waals surface area contributed by atoms with Gasteiger partial charge in [-0.25, -0.2) is 0 Å². The number of methoxy groups -OCH3 is 1. The summed E-state index contributed by atoms with van der Waals surface area (Å²) in [5, 5.41) is 22.5. The molecule has 0 radical (unpaired) electrons. The molecule has 1 N–H and O–H groups in total. The first-order valence-corrected chi connectivity index (χ1v) is 12.2. The quantitative estimate of drug-likeness (QED) is 0.488.